The highest BCUT2D eigenvalue weighted by molar-refractivity contribution is 8.15. The van der Waals surface area contributed by atoms with Crippen molar-refractivity contribution in [1.82, 2.24) is 20.2 Å². The molecule has 1 amide bonds. The number of hydrogen-bond donors (Lipinski definition) is 1. The highest BCUT2D eigenvalue weighted by atomic mass is 32.2. The lowest BCUT2D eigenvalue weighted by Gasteiger charge is -2.20. The molecule has 1 aliphatic rings. The number of halogens is 3. The van der Waals surface area contributed by atoms with Gasteiger partial charge in [0.1, 0.15) is 12.1 Å². The molecule has 0 unspecified atom stereocenters. The van der Waals surface area contributed by atoms with Gasteiger partial charge < -0.3 is 4.74 Å². The molecule has 1 aliphatic heterocycles. The van der Waals surface area contributed by atoms with Gasteiger partial charge in [-0.3, -0.25) is 15.1 Å². The summed E-state index contributed by atoms with van der Waals surface area (Å²) in [7, 11) is 0. The lowest BCUT2D eigenvalue weighted by Crippen LogP contribution is -2.31. The number of anilines is 1. The van der Waals surface area contributed by atoms with Gasteiger partial charge in [0.15, 0.2) is 11.0 Å². The van der Waals surface area contributed by atoms with Gasteiger partial charge in [-0.05, 0) is 72.6 Å². The summed E-state index contributed by atoms with van der Waals surface area (Å²) in [6, 6.07) is 18.7. The molecule has 226 valence electrons. The zero-order valence-electron chi connectivity index (χ0n) is 23.6. The number of rotatable bonds is 8. The Kier molecular flexibility index (Phi) is 9.40. The third-order valence-electron chi connectivity index (χ3n) is 6.33. The standard InChI is InChI=1S/C30H26F3N7O2S2/c1-3-4-21-8-5-19(2)15-25(21)40-26(41)17-44-29(40)36-28(43)37-35-16-20-6-9-22(10-7-20)27-34-18-39(38-27)23-11-13-24(14-12-23)42-30(31,32)33/h5-16,18H,3-4,17H2,1-2H3,(H,37,43)/b35-16+,36-29?. The summed E-state index contributed by atoms with van der Waals surface area (Å²) in [5, 5.41) is 9.22. The van der Waals surface area contributed by atoms with Crippen LogP contribution in [0.15, 0.2) is 83.2 Å². The molecule has 4 aromatic rings. The monoisotopic (exact) mass is 637 g/mol. The number of benzene rings is 3. The van der Waals surface area contributed by atoms with E-state index in [0.29, 0.717) is 16.7 Å². The molecule has 1 aromatic heterocycles. The Morgan fingerprint density at radius 3 is 2.59 bits per heavy atom. The summed E-state index contributed by atoms with van der Waals surface area (Å²) in [6.07, 6.45) is 0.0939. The maximum atomic E-state index is 12.8. The zero-order valence-corrected chi connectivity index (χ0v) is 25.2. The molecular weight excluding hydrogens is 612 g/mol. The average Bonchev–Trinajstić information content (AvgIpc) is 3.61. The largest absolute Gasteiger partial charge is 0.573 e. The van der Waals surface area contributed by atoms with Crippen LogP contribution in [0, 0.1) is 6.92 Å². The number of thiocarbonyl (C=S) groups is 1. The van der Waals surface area contributed by atoms with Gasteiger partial charge >= 0.3 is 6.36 Å². The number of carbonyl (C=O) groups is 1. The molecule has 0 bridgehead atoms. The molecular formula is C30H26F3N7O2S2. The van der Waals surface area contributed by atoms with Gasteiger partial charge in [0.2, 0.25) is 11.0 Å². The third-order valence-corrected chi connectivity index (χ3v) is 7.44. The Morgan fingerprint density at radius 2 is 1.89 bits per heavy atom. The fraction of sp³-hybridized carbons (Fsp3) is 0.200. The fourth-order valence-corrected chi connectivity index (χ4v) is 5.42. The molecule has 0 aliphatic carbocycles. The second kappa shape index (κ2) is 13.4. The van der Waals surface area contributed by atoms with Crippen LogP contribution in [0.25, 0.3) is 17.1 Å². The highest BCUT2D eigenvalue weighted by Crippen LogP contribution is 2.31. The van der Waals surface area contributed by atoms with Gasteiger partial charge in [-0.15, -0.1) is 18.3 Å². The maximum Gasteiger partial charge on any atom is 0.573 e. The maximum absolute atomic E-state index is 12.8. The van der Waals surface area contributed by atoms with E-state index in [-0.39, 0.29) is 22.5 Å². The number of aliphatic imine (C=N–C) groups is 1. The van der Waals surface area contributed by atoms with Gasteiger partial charge in [0, 0.05) is 5.56 Å². The molecule has 1 fully saturated rings. The van der Waals surface area contributed by atoms with Crippen molar-refractivity contribution in [3.63, 3.8) is 0 Å². The number of carbonyl (C=O) groups excluding carboxylic acids is 1. The topological polar surface area (TPSA) is 97.0 Å². The minimum absolute atomic E-state index is 0.0455. The van der Waals surface area contributed by atoms with Crippen LogP contribution in [0.3, 0.4) is 0 Å². The van der Waals surface area contributed by atoms with E-state index in [2.05, 4.69) is 43.3 Å². The number of nitrogens with one attached hydrogen (secondary N) is 1. The van der Waals surface area contributed by atoms with Gasteiger partial charge in [-0.25, -0.2) is 9.67 Å². The second-order valence-electron chi connectivity index (χ2n) is 9.65. The normalized spacial score (nSPS) is 14.5. The smallest absolute Gasteiger partial charge is 0.406 e. The van der Waals surface area contributed by atoms with E-state index in [1.807, 2.05) is 43.3 Å². The molecule has 1 N–H and O–H groups in total. The molecule has 0 atom stereocenters. The molecule has 0 radical (unpaired) electrons. The predicted octanol–water partition coefficient (Wildman–Crippen LogP) is 6.44. The number of ether oxygens (including phenoxy) is 1. The van der Waals surface area contributed by atoms with Crippen LogP contribution < -0.4 is 15.1 Å². The van der Waals surface area contributed by atoms with Crippen LogP contribution in [-0.2, 0) is 11.2 Å². The van der Waals surface area contributed by atoms with Crippen molar-refractivity contribution >= 4 is 52.1 Å². The first-order chi connectivity index (χ1) is 21.1. The summed E-state index contributed by atoms with van der Waals surface area (Å²) in [5.74, 6) is 0.352. The van der Waals surface area contributed by atoms with Crippen LogP contribution in [0.2, 0.25) is 0 Å². The van der Waals surface area contributed by atoms with E-state index in [1.54, 1.807) is 11.1 Å². The number of hydrazone groups is 1. The van der Waals surface area contributed by atoms with Crippen molar-refractivity contribution < 1.29 is 22.7 Å². The minimum Gasteiger partial charge on any atom is -0.406 e. The molecule has 3 aromatic carbocycles. The molecule has 0 saturated carbocycles. The van der Waals surface area contributed by atoms with Crippen molar-refractivity contribution in [2.24, 2.45) is 10.1 Å². The van der Waals surface area contributed by atoms with Crippen LogP contribution in [0.5, 0.6) is 5.75 Å². The minimum atomic E-state index is -4.76. The lowest BCUT2D eigenvalue weighted by molar-refractivity contribution is -0.274. The summed E-state index contributed by atoms with van der Waals surface area (Å²) in [5.41, 5.74) is 7.74. The van der Waals surface area contributed by atoms with E-state index < -0.39 is 6.36 Å². The molecule has 0 spiro atoms. The number of amidine groups is 1. The first kappa shape index (κ1) is 30.9. The summed E-state index contributed by atoms with van der Waals surface area (Å²) in [6.45, 7) is 4.09. The van der Waals surface area contributed by atoms with Crippen molar-refractivity contribution in [2.75, 3.05) is 10.7 Å². The number of nitrogens with zero attached hydrogens (tertiary/aromatic N) is 6. The van der Waals surface area contributed by atoms with Crippen LogP contribution in [0.4, 0.5) is 18.9 Å². The quantitative estimate of drug-likeness (QED) is 0.135. The first-order valence-electron chi connectivity index (χ1n) is 13.4. The number of amides is 1. The molecule has 44 heavy (non-hydrogen) atoms. The Hall–Kier alpha value is -4.56. The summed E-state index contributed by atoms with van der Waals surface area (Å²) < 4.78 is 42.5. The van der Waals surface area contributed by atoms with E-state index in [9.17, 15) is 18.0 Å². The number of thioether (sulfide) groups is 1. The summed E-state index contributed by atoms with van der Waals surface area (Å²) >= 11 is 6.71. The molecule has 14 heteroatoms. The highest BCUT2D eigenvalue weighted by Gasteiger charge is 2.32. The number of hydrogen-bond acceptors (Lipinski definition) is 7. The van der Waals surface area contributed by atoms with Crippen LogP contribution in [-0.4, -0.2) is 49.3 Å². The van der Waals surface area contributed by atoms with Gasteiger partial charge in [-0.2, -0.15) is 10.1 Å². The van der Waals surface area contributed by atoms with Crippen molar-refractivity contribution in [1.29, 1.82) is 0 Å². The van der Waals surface area contributed by atoms with E-state index in [0.717, 1.165) is 40.8 Å². The molecule has 5 rings (SSSR count). The predicted molar refractivity (Wildman–Crippen MR) is 169 cm³/mol. The molecule has 1 saturated heterocycles. The fourth-order valence-electron chi connectivity index (χ4n) is 4.36. The molecule has 2 heterocycles. The number of alkyl halides is 3. The van der Waals surface area contributed by atoms with Crippen LogP contribution in [0.1, 0.15) is 30.0 Å². The third kappa shape index (κ3) is 7.68. The Morgan fingerprint density at radius 1 is 1.14 bits per heavy atom. The van der Waals surface area contributed by atoms with Crippen molar-refractivity contribution in [3.05, 3.63) is 89.7 Å². The van der Waals surface area contributed by atoms with Gasteiger partial charge in [0.25, 0.3) is 0 Å². The Balaban J connectivity index is 1.21. The number of aromatic nitrogens is 3. The van der Waals surface area contributed by atoms with E-state index in [1.165, 1.54) is 47.0 Å². The Bertz CT molecular complexity index is 1720. The Labute approximate surface area is 260 Å². The van der Waals surface area contributed by atoms with Gasteiger partial charge in [0.05, 0.1) is 23.3 Å². The van der Waals surface area contributed by atoms with Crippen molar-refractivity contribution in [2.45, 2.75) is 33.1 Å². The average molecular weight is 638 g/mol. The first-order valence-corrected chi connectivity index (χ1v) is 14.8. The zero-order chi connectivity index (χ0) is 31.3. The lowest BCUT2D eigenvalue weighted by atomic mass is 10.0. The van der Waals surface area contributed by atoms with Crippen LogP contribution >= 0.6 is 24.0 Å². The van der Waals surface area contributed by atoms with Gasteiger partial charge in [-0.1, -0.05) is 61.5 Å². The van der Waals surface area contributed by atoms with Crippen molar-refractivity contribution in [3.8, 4) is 22.8 Å². The molecule has 9 nitrogen and oxygen atoms in total. The van der Waals surface area contributed by atoms with E-state index in [4.69, 9.17) is 12.2 Å². The van der Waals surface area contributed by atoms with E-state index >= 15 is 0 Å². The number of aryl methyl sites for hydroxylation is 2. The second-order valence-corrected chi connectivity index (χ2v) is 11.0. The SMILES string of the molecule is CCCc1ccc(C)cc1N1C(=O)CSC1=NC(=S)N/N=C/c1ccc(-c2ncn(-c3ccc(OC(F)(F)F)cc3)n2)cc1. The summed E-state index contributed by atoms with van der Waals surface area (Å²) in [4.78, 5) is 23.2.